The smallest absolute Gasteiger partial charge is 0.155 e. The standard InChI is InChI=1S/C45H58N4O6/c1-6-9-26-52-31-39-42(53-27-10-7-2)44(4,54-28-11-8-3)41(55-39)38-29-33(30-50)40-43(46-32-47-49(38)40)48-45(34-18-14-12-15-19-34,35-20-16-13-17-21-35)36-22-24-37(51-5)25-23-36/h12-25,29,32,39,41-42,50H,6-11,26-28,30-31H2,1-5H3,(H,46,47,48)/t39-,41+,42-,44+/m1/s1. The maximum absolute atomic E-state index is 11.0. The van der Waals surface area contributed by atoms with Crippen molar-refractivity contribution >= 4 is 11.3 Å². The van der Waals surface area contributed by atoms with Crippen molar-refractivity contribution in [3.8, 4) is 5.75 Å². The number of nitrogens with zero attached hydrogens (tertiary/aromatic N) is 3. The quantitative estimate of drug-likeness (QED) is 0.0563. The second kappa shape index (κ2) is 19.0. The Hall–Kier alpha value is -4.32. The zero-order valence-corrected chi connectivity index (χ0v) is 33.1. The van der Waals surface area contributed by atoms with Crippen molar-refractivity contribution in [1.82, 2.24) is 14.6 Å². The number of aromatic nitrogens is 3. The Morgan fingerprint density at radius 1 is 0.836 bits per heavy atom. The number of unbranched alkanes of at least 4 members (excludes halogenated alkanes) is 3. The number of nitrogens with one attached hydrogen (secondary N) is 1. The molecular formula is C45H58N4O6. The fourth-order valence-electron chi connectivity index (χ4n) is 7.71. The van der Waals surface area contributed by atoms with Crippen LogP contribution in [-0.2, 0) is 31.1 Å². The Balaban J connectivity index is 1.51. The Bertz CT molecular complexity index is 1860. The molecule has 10 heteroatoms. The molecule has 1 aliphatic rings. The molecule has 2 N–H and O–H groups in total. The Kier molecular flexibility index (Phi) is 14.0. The summed E-state index contributed by atoms with van der Waals surface area (Å²) in [6.45, 7) is 10.5. The van der Waals surface area contributed by atoms with Crippen LogP contribution in [0.25, 0.3) is 5.52 Å². The number of aliphatic hydroxyl groups excluding tert-OH is 1. The highest BCUT2D eigenvalue weighted by Crippen LogP contribution is 2.48. The molecule has 0 radical (unpaired) electrons. The lowest BCUT2D eigenvalue weighted by atomic mass is 9.77. The molecule has 0 bridgehead atoms. The van der Waals surface area contributed by atoms with Crippen LogP contribution in [0.2, 0.25) is 0 Å². The monoisotopic (exact) mass is 750 g/mol. The molecule has 1 saturated heterocycles. The number of methoxy groups -OCH3 is 1. The molecule has 0 spiro atoms. The number of anilines is 1. The van der Waals surface area contributed by atoms with Gasteiger partial charge in [0, 0.05) is 25.4 Å². The van der Waals surface area contributed by atoms with Crippen LogP contribution >= 0.6 is 0 Å². The second-order valence-corrected chi connectivity index (χ2v) is 14.5. The maximum atomic E-state index is 11.0. The van der Waals surface area contributed by atoms with E-state index in [1.54, 1.807) is 13.4 Å². The molecule has 55 heavy (non-hydrogen) atoms. The van der Waals surface area contributed by atoms with Crippen LogP contribution in [0.4, 0.5) is 5.82 Å². The van der Waals surface area contributed by atoms with Gasteiger partial charge in [-0.25, -0.2) is 9.50 Å². The Morgan fingerprint density at radius 3 is 2.07 bits per heavy atom. The van der Waals surface area contributed by atoms with E-state index in [1.165, 1.54) is 0 Å². The van der Waals surface area contributed by atoms with E-state index < -0.39 is 17.2 Å². The van der Waals surface area contributed by atoms with Gasteiger partial charge in [0.25, 0.3) is 0 Å². The minimum Gasteiger partial charge on any atom is -0.497 e. The van der Waals surface area contributed by atoms with E-state index in [9.17, 15) is 5.11 Å². The van der Waals surface area contributed by atoms with Crippen molar-refractivity contribution < 1.29 is 28.8 Å². The van der Waals surface area contributed by atoms with E-state index in [2.05, 4.69) is 69.4 Å². The van der Waals surface area contributed by atoms with E-state index in [1.807, 2.05) is 59.1 Å². The molecule has 294 valence electrons. The molecule has 10 nitrogen and oxygen atoms in total. The molecule has 1 fully saturated rings. The average molecular weight is 751 g/mol. The molecule has 0 amide bonds. The van der Waals surface area contributed by atoms with Gasteiger partial charge in [-0.05, 0) is 61.1 Å². The zero-order chi connectivity index (χ0) is 38.7. The van der Waals surface area contributed by atoms with Gasteiger partial charge in [-0.1, -0.05) is 113 Å². The summed E-state index contributed by atoms with van der Waals surface area (Å²) in [5, 5.41) is 19.8. The van der Waals surface area contributed by atoms with Crippen LogP contribution in [0.1, 0.15) is 100 Å². The number of hydrogen-bond acceptors (Lipinski definition) is 9. The lowest BCUT2D eigenvalue weighted by Crippen LogP contribution is -2.48. The second-order valence-electron chi connectivity index (χ2n) is 14.5. The number of fused-ring (bicyclic) bond motifs is 1. The minimum atomic E-state index is -0.901. The van der Waals surface area contributed by atoms with Gasteiger partial charge >= 0.3 is 0 Å². The summed E-state index contributed by atoms with van der Waals surface area (Å²) in [5.41, 5.74) is 3.28. The van der Waals surface area contributed by atoms with Crippen LogP contribution in [0.15, 0.2) is 97.3 Å². The lowest BCUT2D eigenvalue weighted by molar-refractivity contribution is -0.138. The molecule has 6 rings (SSSR count). The predicted octanol–water partition coefficient (Wildman–Crippen LogP) is 8.65. The molecule has 1 aliphatic heterocycles. The van der Waals surface area contributed by atoms with Crippen LogP contribution in [0, 0.1) is 0 Å². The van der Waals surface area contributed by atoms with E-state index in [-0.39, 0.29) is 18.8 Å². The van der Waals surface area contributed by atoms with E-state index in [0.717, 1.165) is 66.7 Å². The number of rotatable bonds is 21. The number of hydrogen-bond donors (Lipinski definition) is 2. The van der Waals surface area contributed by atoms with E-state index in [4.69, 9.17) is 33.8 Å². The Labute approximate surface area is 326 Å². The van der Waals surface area contributed by atoms with Crippen molar-refractivity contribution in [2.75, 3.05) is 38.9 Å². The van der Waals surface area contributed by atoms with E-state index in [0.29, 0.717) is 43.3 Å². The summed E-state index contributed by atoms with van der Waals surface area (Å²) in [7, 11) is 1.67. The molecule has 3 aromatic carbocycles. The van der Waals surface area contributed by atoms with Crippen LogP contribution in [0.5, 0.6) is 5.75 Å². The molecule has 4 atom stereocenters. The van der Waals surface area contributed by atoms with Gasteiger partial charge in [0.15, 0.2) is 5.82 Å². The third-order valence-corrected chi connectivity index (χ3v) is 10.7. The summed E-state index contributed by atoms with van der Waals surface area (Å²) in [6, 6.07) is 30.7. The van der Waals surface area contributed by atoms with Gasteiger partial charge in [-0.2, -0.15) is 5.10 Å². The molecule has 0 saturated carbocycles. The number of benzene rings is 3. The van der Waals surface area contributed by atoms with Gasteiger partial charge < -0.3 is 34.1 Å². The van der Waals surface area contributed by atoms with Crippen LogP contribution < -0.4 is 10.1 Å². The fourth-order valence-corrected chi connectivity index (χ4v) is 7.71. The average Bonchev–Trinajstić information content (AvgIpc) is 3.74. The lowest BCUT2D eigenvalue weighted by Gasteiger charge is -2.37. The number of ether oxygens (including phenoxy) is 5. The minimum absolute atomic E-state index is 0.238. The molecule has 3 heterocycles. The SMILES string of the molecule is CCCCOC[C@H]1O[C@@H](c2cc(CO)c3c(NC(c4ccccc4)(c4ccccc4)c4ccc(OC)cc4)ncnn23)[C@](C)(OCCCC)[C@@H]1OCCCC. The summed E-state index contributed by atoms with van der Waals surface area (Å²) in [6.07, 6.45) is 6.09. The third kappa shape index (κ3) is 8.44. The largest absolute Gasteiger partial charge is 0.497 e. The fraction of sp³-hybridized carbons (Fsp3) is 0.467. The van der Waals surface area contributed by atoms with E-state index >= 15 is 0 Å². The first-order chi connectivity index (χ1) is 26.9. The maximum Gasteiger partial charge on any atom is 0.155 e. The zero-order valence-electron chi connectivity index (χ0n) is 33.1. The van der Waals surface area contributed by atoms with Gasteiger partial charge in [-0.15, -0.1) is 0 Å². The van der Waals surface area contributed by atoms with Crippen LogP contribution in [-0.4, -0.2) is 71.1 Å². The first kappa shape index (κ1) is 40.3. The van der Waals surface area contributed by atoms with Crippen molar-refractivity contribution in [2.24, 2.45) is 0 Å². The van der Waals surface area contributed by atoms with Crippen molar-refractivity contribution in [1.29, 1.82) is 0 Å². The molecule has 0 unspecified atom stereocenters. The predicted molar refractivity (Wildman–Crippen MR) is 216 cm³/mol. The Morgan fingerprint density at radius 2 is 1.45 bits per heavy atom. The van der Waals surface area contributed by atoms with Crippen molar-refractivity contribution in [3.05, 3.63) is 125 Å². The third-order valence-electron chi connectivity index (χ3n) is 10.7. The summed E-state index contributed by atoms with van der Waals surface area (Å²) < 4.78 is 34.1. The molecule has 5 aromatic rings. The van der Waals surface area contributed by atoms with Gasteiger partial charge in [0.1, 0.15) is 47.0 Å². The van der Waals surface area contributed by atoms with Gasteiger partial charge in [-0.3, -0.25) is 0 Å². The highest BCUT2D eigenvalue weighted by Gasteiger charge is 2.57. The highest BCUT2D eigenvalue weighted by atomic mass is 16.6. The summed E-state index contributed by atoms with van der Waals surface area (Å²) in [5.74, 6) is 1.31. The van der Waals surface area contributed by atoms with Crippen molar-refractivity contribution in [2.45, 2.75) is 102 Å². The molecule has 0 aliphatic carbocycles. The molecular weight excluding hydrogens is 693 g/mol. The summed E-state index contributed by atoms with van der Waals surface area (Å²) in [4.78, 5) is 4.89. The first-order valence-corrected chi connectivity index (χ1v) is 19.9. The van der Waals surface area contributed by atoms with Crippen molar-refractivity contribution in [3.63, 3.8) is 0 Å². The summed E-state index contributed by atoms with van der Waals surface area (Å²) >= 11 is 0. The normalized spacial score (nSPS) is 19.9. The topological polar surface area (TPSA) is 109 Å². The first-order valence-electron chi connectivity index (χ1n) is 19.9. The highest BCUT2D eigenvalue weighted by molar-refractivity contribution is 5.76. The van der Waals surface area contributed by atoms with Gasteiger partial charge in [0.2, 0.25) is 0 Å². The molecule has 2 aromatic heterocycles. The van der Waals surface area contributed by atoms with Crippen LogP contribution in [0.3, 0.4) is 0 Å². The number of aliphatic hydroxyl groups is 1. The van der Waals surface area contributed by atoms with Gasteiger partial charge in [0.05, 0.1) is 26.0 Å².